The fraction of sp³-hybridized carbons (Fsp3) is 0.944. The maximum atomic E-state index is 11.4. The Labute approximate surface area is 138 Å². The molecule has 0 fully saturated rings. The zero-order valence-corrected chi connectivity index (χ0v) is 15.5. The van der Waals surface area contributed by atoms with Gasteiger partial charge in [-0.3, -0.25) is 0 Å². The van der Waals surface area contributed by atoms with Crippen molar-refractivity contribution in [2.24, 2.45) is 0 Å². The van der Waals surface area contributed by atoms with Gasteiger partial charge in [-0.25, -0.2) is 4.79 Å². The van der Waals surface area contributed by atoms with E-state index in [1.807, 2.05) is 0 Å². The summed E-state index contributed by atoms with van der Waals surface area (Å²) in [6, 6.07) is 0. The van der Waals surface area contributed by atoms with Gasteiger partial charge in [-0.1, -0.05) is 58.8 Å². The monoisotopic (exact) mass is 314 g/mol. The smallest absolute Gasteiger partial charge is 0.409 e. The van der Waals surface area contributed by atoms with Gasteiger partial charge in [0.25, 0.3) is 0 Å². The fourth-order valence-electron chi connectivity index (χ4n) is 2.61. The van der Waals surface area contributed by atoms with E-state index in [0.29, 0.717) is 6.61 Å². The first-order valence-electron chi connectivity index (χ1n) is 9.04. The standard InChI is InChI=1S/C18H38N2O2/c1-6-8-10-11-12-14-18(3,13-9-7-2)19-15-16-22-17(21)20(4)5/h19H,6-16H2,1-5H3. The summed E-state index contributed by atoms with van der Waals surface area (Å²) in [6.45, 7) is 7.97. The van der Waals surface area contributed by atoms with Crippen LogP contribution in [-0.2, 0) is 4.74 Å². The van der Waals surface area contributed by atoms with Crippen LogP contribution >= 0.6 is 0 Å². The van der Waals surface area contributed by atoms with Gasteiger partial charge < -0.3 is 15.0 Å². The molecule has 22 heavy (non-hydrogen) atoms. The van der Waals surface area contributed by atoms with E-state index in [4.69, 9.17) is 4.74 Å². The average molecular weight is 315 g/mol. The fourth-order valence-corrected chi connectivity index (χ4v) is 2.61. The van der Waals surface area contributed by atoms with Crippen LogP contribution in [0.5, 0.6) is 0 Å². The number of nitrogens with zero attached hydrogens (tertiary/aromatic N) is 1. The van der Waals surface area contributed by atoms with E-state index in [-0.39, 0.29) is 11.6 Å². The number of hydrogen-bond donors (Lipinski definition) is 1. The van der Waals surface area contributed by atoms with Crippen LogP contribution in [0, 0.1) is 0 Å². The van der Waals surface area contributed by atoms with Crippen molar-refractivity contribution in [3.63, 3.8) is 0 Å². The molecular formula is C18H38N2O2. The molecule has 0 saturated carbocycles. The number of rotatable bonds is 13. The Bertz CT molecular complexity index is 282. The summed E-state index contributed by atoms with van der Waals surface area (Å²) in [4.78, 5) is 12.9. The van der Waals surface area contributed by atoms with E-state index >= 15 is 0 Å². The summed E-state index contributed by atoms with van der Waals surface area (Å²) in [6.07, 6.45) is 11.2. The second kappa shape index (κ2) is 12.7. The van der Waals surface area contributed by atoms with Crippen molar-refractivity contribution in [2.45, 2.75) is 84.1 Å². The topological polar surface area (TPSA) is 41.6 Å². The number of nitrogens with one attached hydrogen (secondary N) is 1. The van der Waals surface area contributed by atoms with Crippen molar-refractivity contribution >= 4 is 6.09 Å². The Morgan fingerprint density at radius 1 is 1.00 bits per heavy atom. The average Bonchev–Trinajstić information content (AvgIpc) is 2.49. The molecule has 0 aliphatic carbocycles. The molecule has 0 radical (unpaired) electrons. The van der Waals surface area contributed by atoms with E-state index < -0.39 is 0 Å². The Hall–Kier alpha value is -0.770. The number of unbranched alkanes of at least 4 members (excludes halogenated alkanes) is 5. The Morgan fingerprint density at radius 2 is 1.59 bits per heavy atom. The third-order valence-electron chi connectivity index (χ3n) is 4.16. The van der Waals surface area contributed by atoms with Gasteiger partial charge in [-0.05, 0) is 19.8 Å². The lowest BCUT2D eigenvalue weighted by Gasteiger charge is -2.31. The second-order valence-electron chi connectivity index (χ2n) is 6.76. The summed E-state index contributed by atoms with van der Waals surface area (Å²) in [5.41, 5.74) is 0.173. The minimum absolute atomic E-state index is 0.173. The SMILES string of the molecule is CCCCCCCC(C)(CCCC)NCCOC(=O)N(C)C. The van der Waals surface area contributed by atoms with Crippen molar-refractivity contribution in [1.82, 2.24) is 10.2 Å². The van der Waals surface area contributed by atoms with Crippen molar-refractivity contribution in [1.29, 1.82) is 0 Å². The lowest BCUT2D eigenvalue weighted by molar-refractivity contribution is 0.115. The molecule has 4 heteroatoms. The minimum Gasteiger partial charge on any atom is -0.448 e. The molecule has 0 aliphatic heterocycles. The molecule has 4 nitrogen and oxygen atoms in total. The predicted molar refractivity (Wildman–Crippen MR) is 94.3 cm³/mol. The third-order valence-corrected chi connectivity index (χ3v) is 4.16. The Kier molecular flexibility index (Phi) is 12.3. The Balaban J connectivity index is 4.05. The number of hydrogen-bond acceptors (Lipinski definition) is 3. The zero-order valence-electron chi connectivity index (χ0n) is 15.5. The molecule has 0 aromatic carbocycles. The lowest BCUT2D eigenvalue weighted by Crippen LogP contribution is -2.44. The molecule has 0 aromatic rings. The maximum Gasteiger partial charge on any atom is 0.409 e. The van der Waals surface area contributed by atoms with E-state index in [9.17, 15) is 4.79 Å². The lowest BCUT2D eigenvalue weighted by atomic mass is 9.88. The molecule has 0 spiro atoms. The maximum absolute atomic E-state index is 11.4. The van der Waals surface area contributed by atoms with Gasteiger partial charge in [-0.15, -0.1) is 0 Å². The molecule has 1 N–H and O–H groups in total. The first kappa shape index (κ1) is 21.2. The number of amides is 1. The molecule has 0 heterocycles. The van der Waals surface area contributed by atoms with Crippen LogP contribution in [-0.4, -0.2) is 43.8 Å². The highest BCUT2D eigenvalue weighted by molar-refractivity contribution is 5.66. The summed E-state index contributed by atoms with van der Waals surface area (Å²) >= 11 is 0. The summed E-state index contributed by atoms with van der Waals surface area (Å²) < 4.78 is 5.19. The quantitative estimate of drug-likeness (QED) is 0.506. The van der Waals surface area contributed by atoms with E-state index in [1.165, 1.54) is 62.7 Å². The first-order chi connectivity index (χ1) is 10.4. The Morgan fingerprint density at radius 3 is 2.18 bits per heavy atom. The van der Waals surface area contributed by atoms with Crippen molar-refractivity contribution in [3.05, 3.63) is 0 Å². The molecular weight excluding hydrogens is 276 g/mol. The molecule has 1 atom stereocenters. The number of ether oxygens (including phenoxy) is 1. The predicted octanol–water partition coefficient (Wildman–Crippen LogP) is 4.58. The first-order valence-corrected chi connectivity index (χ1v) is 9.04. The summed E-state index contributed by atoms with van der Waals surface area (Å²) in [7, 11) is 3.41. The third kappa shape index (κ3) is 10.9. The second-order valence-corrected chi connectivity index (χ2v) is 6.76. The van der Waals surface area contributed by atoms with Crippen LogP contribution in [0.4, 0.5) is 4.79 Å². The van der Waals surface area contributed by atoms with Crippen LogP contribution in [0.1, 0.15) is 78.6 Å². The molecule has 132 valence electrons. The highest BCUT2D eigenvalue weighted by Gasteiger charge is 2.22. The van der Waals surface area contributed by atoms with Crippen molar-refractivity contribution in [3.8, 4) is 0 Å². The van der Waals surface area contributed by atoms with E-state index in [1.54, 1.807) is 14.1 Å². The minimum atomic E-state index is -0.267. The van der Waals surface area contributed by atoms with Gasteiger partial charge in [-0.2, -0.15) is 0 Å². The normalized spacial score (nSPS) is 13.7. The molecule has 0 rings (SSSR count). The van der Waals surface area contributed by atoms with Gasteiger partial charge in [0.1, 0.15) is 6.61 Å². The highest BCUT2D eigenvalue weighted by Crippen LogP contribution is 2.22. The van der Waals surface area contributed by atoms with Crippen molar-refractivity contribution in [2.75, 3.05) is 27.2 Å². The molecule has 1 unspecified atom stereocenters. The van der Waals surface area contributed by atoms with Gasteiger partial charge in [0.15, 0.2) is 0 Å². The van der Waals surface area contributed by atoms with E-state index in [2.05, 4.69) is 26.1 Å². The van der Waals surface area contributed by atoms with Crippen LogP contribution in [0.3, 0.4) is 0 Å². The molecule has 0 aliphatic rings. The van der Waals surface area contributed by atoms with Crippen molar-refractivity contribution < 1.29 is 9.53 Å². The zero-order chi connectivity index (χ0) is 16.8. The van der Waals surface area contributed by atoms with Gasteiger partial charge in [0.2, 0.25) is 0 Å². The molecule has 0 bridgehead atoms. The van der Waals surface area contributed by atoms with E-state index in [0.717, 1.165) is 6.54 Å². The summed E-state index contributed by atoms with van der Waals surface area (Å²) in [5.74, 6) is 0. The van der Waals surface area contributed by atoms with Crippen LogP contribution < -0.4 is 5.32 Å². The van der Waals surface area contributed by atoms with Crippen LogP contribution in [0.2, 0.25) is 0 Å². The number of carbonyl (C=O) groups excluding carboxylic acids is 1. The summed E-state index contributed by atoms with van der Waals surface area (Å²) in [5, 5.41) is 3.62. The molecule has 1 amide bonds. The van der Waals surface area contributed by atoms with Crippen LogP contribution in [0.25, 0.3) is 0 Å². The largest absolute Gasteiger partial charge is 0.448 e. The van der Waals surface area contributed by atoms with Gasteiger partial charge >= 0.3 is 6.09 Å². The highest BCUT2D eigenvalue weighted by atomic mass is 16.6. The van der Waals surface area contributed by atoms with Gasteiger partial charge in [0, 0.05) is 26.2 Å². The number of carbonyl (C=O) groups is 1. The molecule has 0 aromatic heterocycles. The van der Waals surface area contributed by atoms with Gasteiger partial charge in [0.05, 0.1) is 0 Å². The molecule has 0 saturated heterocycles. The van der Waals surface area contributed by atoms with Crippen LogP contribution in [0.15, 0.2) is 0 Å².